The number of piperazine rings is 1. The minimum Gasteiger partial charge on any atom is -0.354 e. The second-order valence-electron chi connectivity index (χ2n) is 8.76. The van der Waals surface area contributed by atoms with E-state index in [-0.39, 0.29) is 11.8 Å². The van der Waals surface area contributed by atoms with Crippen LogP contribution in [0.3, 0.4) is 0 Å². The SMILES string of the molecule is O=C(C(Cc1ccccc1)c1ccccc1)N1CC(N2CCN(c3ccccn3)CC2)C1. The first-order valence-corrected chi connectivity index (χ1v) is 11.6. The fourth-order valence-electron chi connectivity index (χ4n) is 4.83. The van der Waals surface area contributed by atoms with Crippen LogP contribution in [0.15, 0.2) is 85.1 Å². The third kappa shape index (κ3) is 4.53. The monoisotopic (exact) mass is 426 g/mol. The van der Waals surface area contributed by atoms with Crippen molar-refractivity contribution in [1.82, 2.24) is 14.8 Å². The Bertz CT molecular complexity index is 998. The molecule has 5 rings (SSSR count). The molecule has 5 nitrogen and oxygen atoms in total. The zero-order valence-corrected chi connectivity index (χ0v) is 18.4. The van der Waals surface area contributed by atoms with Crippen LogP contribution < -0.4 is 4.90 Å². The summed E-state index contributed by atoms with van der Waals surface area (Å²) in [5.74, 6) is 1.19. The number of amides is 1. The predicted octanol–water partition coefficient (Wildman–Crippen LogP) is 3.44. The van der Waals surface area contributed by atoms with Crippen LogP contribution in [0.5, 0.6) is 0 Å². The zero-order valence-electron chi connectivity index (χ0n) is 18.4. The van der Waals surface area contributed by atoms with Crippen LogP contribution in [0, 0.1) is 0 Å². The number of benzene rings is 2. The maximum Gasteiger partial charge on any atom is 0.230 e. The van der Waals surface area contributed by atoms with Gasteiger partial charge in [-0.1, -0.05) is 66.7 Å². The van der Waals surface area contributed by atoms with Gasteiger partial charge in [-0.25, -0.2) is 4.98 Å². The average Bonchev–Trinajstić information content (AvgIpc) is 2.84. The Hall–Kier alpha value is -3.18. The van der Waals surface area contributed by atoms with Crippen LogP contribution in [0.2, 0.25) is 0 Å². The molecular formula is C27H30N4O. The van der Waals surface area contributed by atoms with E-state index in [0.29, 0.717) is 6.04 Å². The maximum atomic E-state index is 13.5. The van der Waals surface area contributed by atoms with Gasteiger partial charge in [0.25, 0.3) is 0 Å². The lowest BCUT2D eigenvalue weighted by Crippen LogP contribution is -2.64. The molecule has 3 heterocycles. The third-order valence-corrected chi connectivity index (χ3v) is 6.76. The van der Waals surface area contributed by atoms with Gasteiger partial charge in [0, 0.05) is 51.5 Å². The number of carbonyl (C=O) groups excluding carboxylic acids is 1. The Kier molecular flexibility index (Phi) is 6.17. The van der Waals surface area contributed by atoms with Crippen LogP contribution in [0.25, 0.3) is 0 Å². The highest BCUT2D eigenvalue weighted by Gasteiger charge is 2.38. The van der Waals surface area contributed by atoms with Gasteiger partial charge in [0.15, 0.2) is 0 Å². The third-order valence-electron chi connectivity index (χ3n) is 6.76. The second-order valence-corrected chi connectivity index (χ2v) is 8.76. The fourth-order valence-corrected chi connectivity index (χ4v) is 4.83. The molecule has 5 heteroatoms. The summed E-state index contributed by atoms with van der Waals surface area (Å²) >= 11 is 0. The van der Waals surface area contributed by atoms with Crippen molar-refractivity contribution >= 4 is 11.7 Å². The van der Waals surface area contributed by atoms with Gasteiger partial charge in [-0.15, -0.1) is 0 Å². The second kappa shape index (κ2) is 9.53. The van der Waals surface area contributed by atoms with Gasteiger partial charge < -0.3 is 9.80 Å². The van der Waals surface area contributed by atoms with E-state index in [2.05, 4.69) is 50.0 Å². The number of rotatable bonds is 6. The molecule has 2 saturated heterocycles. The van der Waals surface area contributed by atoms with E-state index < -0.39 is 0 Å². The van der Waals surface area contributed by atoms with Crippen molar-refractivity contribution in [2.24, 2.45) is 0 Å². The molecule has 3 aromatic rings. The molecule has 1 amide bonds. The van der Waals surface area contributed by atoms with Gasteiger partial charge in [0.05, 0.1) is 5.92 Å². The topological polar surface area (TPSA) is 39.7 Å². The molecular weight excluding hydrogens is 396 g/mol. The van der Waals surface area contributed by atoms with Gasteiger partial charge in [0.2, 0.25) is 5.91 Å². The van der Waals surface area contributed by atoms with Crippen LogP contribution in [0.4, 0.5) is 5.82 Å². The molecule has 0 radical (unpaired) electrons. The zero-order chi connectivity index (χ0) is 21.8. The van der Waals surface area contributed by atoms with Crippen molar-refractivity contribution < 1.29 is 4.79 Å². The van der Waals surface area contributed by atoms with E-state index in [4.69, 9.17) is 0 Å². The first-order chi connectivity index (χ1) is 15.8. The fraction of sp³-hybridized carbons (Fsp3) is 0.333. The Morgan fingerprint density at radius 1 is 0.844 bits per heavy atom. The first kappa shape index (κ1) is 20.7. The van der Waals surface area contributed by atoms with Crippen LogP contribution >= 0.6 is 0 Å². The summed E-state index contributed by atoms with van der Waals surface area (Å²) in [6, 6.07) is 27.1. The molecule has 2 aliphatic heterocycles. The van der Waals surface area contributed by atoms with Gasteiger partial charge in [-0.05, 0) is 29.7 Å². The van der Waals surface area contributed by atoms with Crippen molar-refractivity contribution in [1.29, 1.82) is 0 Å². The molecule has 0 N–H and O–H groups in total. The Morgan fingerprint density at radius 2 is 1.50 bits per heavy atom. The number of anilines is 1. The van der Waals surface area contributed by atoms with Gasteiger partial charge in [0.1, 0.15) is 5.82 Å². The first-order valence-electron chi connectivity index (χ1n) is 11.6. The van der Waals surface area contributed by atoms with Crippen molar-refractivity contribution in [3.8, 4) is 0 Å². The quantitative estimate of drug-likeness (QED) is 0.605. The largest absolute Gasteiger partial charge is 0.354 e. The molecule has 0 spiro atoms. The number of nitrogens with zero attached hydrogens (tertiary/aromatic N) is 4. The standard InChI is InChI=1S/C27H30N4O/c32-27(25(23-11-5-2-6-12-23)19-22-9-3-1-4-10-22)31-20-24(21-31)29-15-17-30(18-16-29)26-13-7-8-14-28-26/h1-14,24-25H,15-21H2. The molecule has 164 valence electrons. The van der Waals surface area contributed by atoms with Gasteiger partial charge in [-0.2, -0.15) is 0 Å². The Balaban J connectivity index is 1.19. The van der Waals surface area contributed by atoms with Crippen molar-refractivity contribution in [2.45, 2.75) is 18.4 Å². The molecule has 1 atom stereocenters. The molecule has 32 heavy (non-hydrogen) atoms. The van der Waals surface area contributed by atoms with Crippen molar-refractivity contribution in [3.63, 3.8) is 0 Å². The van der Waals surface area contributed by atoms with Gasteiger partial charge >= 0.3 is 0 Å². The van der Waals surface area contributed by atoms with Crippen LogP contribution in [-0.2, 0) is 11.2 Å². The number of likely N-dealkylation sites (tertiary alicyclic amines) is 1. The smallest absolute Gasteiger partial charge is 0.230 e. The number of aromatic nitrogens is 1. The summed E-state index contributed by atoms with van der Waals surface area (Å²) in [6.07, 6.45) is 2.60. The highest BCUT2D eigenvalue weighted by molar-refractivity contribution is 5.85. The summed E-state index contributed by atoms with van der Waals surface area (Å²) in [7, 11) is 0. The minimum atomic E-state index is -0.124. The van der Waals surface area contributed by atoms with Crippen LogP contribution in [0.1, 0.15) is 17.0 Å². The molecule has 2 aliphatic rings. The van der Waals surface area contributed by atoms with Crippen LogP contribution in [-0.4, -0.2) is 66.0 Å². The summed E-state index contributed by atoms with van der Waals surface area (Å²) in [4.78, 5) is 24.9. The molecule has 0 saturated carbocycles. The number of carbonyl (C=O) groups is 1. The Labute approximate surface area is 190 Å². The van der Waals surface area contributed by atoms with Gasteiger partial charge in [-0.3, -0.25) is 9.69 Å². The lowest BCUT2D eigenvalue weighted by Gasteiger charge is -2.49. The van der Waals surface area contributed by atoms with E-state index in [1.54, 1.807) is 0 Å². The summed E-state index contributed by atoms with van der Waals surface area (Å²) < 4.78 is 0. The molecule has 2 aromatic carbocycles. The lowest BCUT2D eigenvalue weighted by atomic mass is 9.89. The van der Waals surface area contributed by atoms with E-state index in [1.165, 1.54) is 5.56 Å². The van der Waals surface area contributed by atoms with E-state index >= 15 is 0 Å². The number of hydrogen-bond acceptors (Lipinski definition) is 4. The highest BCUT2D eigenvalue weighted by Crippen LogP contribution is 2.27. The lowest BCUT2D eigenvalue weighted by molar-refractivity contribution is -0.140. The average molecular weight is 427 g/mol. The van der Waals surface area contributed by atoms with E-state index in [9.17, 15) is 4.79 Å². The number of hydrogen-bond donors (Lipinski definition) is 0. The molecule has 1 aromatic heterocycles. The van der Waals surface area contributed by atoms with Crippen molar-refractivity contribution in [2.75, 3.05) is 44.2 Å². The summed E-state index contributed by atoms with van der Waals surface area (Å²) in [5, 5.41) is 0. The molecule has 0 aliphatic carbocycles. The normalized spacial score (nSPS) is 18.2. The maximum absolute atomic E-state index is 13.5. The van der Waals surface area contributed by atoms with E-state index in [0.717, 1.165) is 57.1 Å². The molecule has 0 bridgehead atoms. The predicted molar refractivity (Wildman–Crippen MR) is 128 cm³/mol. The summed E-state index contributed by atoms with van der Waals surface area (Å²) in [5.41, 5.74) is 2.31. The van der Waals surface area contributed by atoms with Crippen molar-refractivity contribution in [3.05, 3.63) is 96.2 Å². The summed E-state index contributed by atoms with van der Waals surface area (Å²) in [6.45, 7) is 5.69. The van der Waals surface area contributed by atoms with E-state index in [1.807, 2.05) is 54.7 Å². The number of pyridine rings is 1. The highest BCUT2D eigenvalue weighted by atomic mass is 16.2. The molecule has 2 fully saturated rings. The Morgan fingerprint density at radius 3 is 2.16 bits per heavy atom. The minimum absolute atomic E-state index is 0.124. The molecule has 1 unspecified atom stereocenters.